The number of hydrogen-bond donors (Lipinski definition) is 3. The summed E-state index contributed by atoms with van der Waals surface area (Å²) in [5.74, 6) is -2.62. The van der Waals surface area contributed by atoms with Gasteiger partial charge in [0.1, 0.15) is 18.0 Å². The van der Waals surface area contributed by atoms with Crippen LogP contribution in [0.3, 0.4) is 0 Å². The third-order valence-electron chi connectivity index (χ3n) is 5.17. The van der Waals surface area contributed by atoms with Crippen molar-refractivity contribution in [3.05, 3.63) is 41.6 Å². The van der Waals surface area contributed by atoms with E-state index in [1.165, 1.54) is 11.8 Å². The topological polar surface area (TPSA) is 196 Å². The van der Waals surface area contributed by atoms with Gasteiger partial charge in [0.05, 0.1) is 17.4 Å². The van der Waals surface area contributed by atoms with Gasteiger partial charge in [0, 0.05) is 35.0 Å². The number of fused-ring (bicyclic) bond motifs is 1. The number of nitrogens with two attached hydrogens (primary N) is 1. The number of nitrogens with zero attached hydrogens (tertiary/aromatic N) is 5. The van der Waals surface area contributed by atoms with Crippen molar-refractivity contribution < 1.29 is 33.7 Å². The summed E-state index contributed by atoms with van der Waals surface area (Å²) in [6, 6.07) is 2.31. The number of carbonyl (C=O) groups excluding carboxylic acids is 4. The number of thioether (sulfide) groups is 1. The molecule has 188 valence electrons. The average Bonchev–Trinajstić information content (AvgIpc) is 3.29. The monoisotopic (exact) mass is 532 g/mol. The van der Waals surface area contributed by atoms with Gasteiger partial charge in [-0.15, -0.1) is 11.8 Å². The number of anilines is 2. The van der Waals surface area contributed by atoms with Crippen molar-refractivity contribution in [2.75, 3.05) is 23.4 Å². The van der Waals surface area contributed by atoms with Crippen molar-refractivity contribution in [1.82, 2.24) is 19.6 Å². The Morgan fingerprint density at radius 3 is 2.78 bits per heavy atom. The summed E-state index contributed by atoms with van der Waals surface area (Å²) in [4.78, 5) is 58.4. The van der Waals surface area contributed by atoms with Crippen molar-refractivity contribution in [2.24, 2.45) is 5.16 Å². The SMILES string of the molecule is CCON=C(C(=O)NC1C(=O)N2C(C(=O)[O-])=C(C[n+]3ccc(NC=O)cc3)CS[C@H]12)c1nsc(N)n1. The van der Waals surface area contributed by atoms with Gasteiger partial charge < -0.3 is 31.1 Å². The fraction of sp³-hybridized carbons (Fsp3) is 0.300. The lowest BCUT2D eigenvalue weighted by Crippen LogP contribution is -2.71. The number of carbonyl (C=O) groups is 4. The second-order valence-electron chi connectivity index (χ2n) is 7.44. The predicted molar refractivity (Wildman–Crippen MR) is 126 cm³/mol. The molecule has 16 heteroatoms. The Morgan fingerprint density at radius 2 is 2.17 bits per heavy atom. The normalized spacial score (nSPS) is 19.3. The second kappa shape index (κ2) is 10.7. The lowest BCUT2D eigenvalue weighted by Gasteiger charge is -2.50. The lowest BCUT2D eigenvalue weighted by atomic mass is 10.0. The highest BCUT2D eigenvalue weighted by atomic mass is 32.2. The molecule has 0 radical (unpaired) electrons. The van der Waals surface area contributed by atoms with Crippen molar-refractivity contribution in [2.45, 2.75) is 24.9 Å². The van der Waals surface area contributed by atoms with E-state index in [4.69, 9.17) is 10.6 Å². The molecule has 1 fully saturated rings. The van der Waals surface area contributed by atoms with E-state index in [2.05, 4.69) is 25.1 Å². The van der Waals surface area contributed by atoms with Crippen LogP contribution in [-0.4, -0.2) is 67.9 Å². The quantitative estimate of drug-likeness (QED) is 0.0995. The largest absolute Gasteiger partial charge is 0.543 e. The van der Waals surface area contributed by atoms with Crippen LogP contribution in [-0.2, 0) is 30.6 Å². The highest BCUT2D eigenvalue weighted by Gasteiger charge is 2.53. The molecule has 0 aromatic carbocycles. The number of hydrogen-bond acceptors (Lipinski definition) is 12. The summed E-state index contributed by atoms with van der Waals surface area (Å²) in [7, 11) is 0. The van der Waals surface area contributed by atoms with Gasteiger partial charge in [-0.2, -0.15) is 9.36 Å². The fourth-order valence-electron chi connectivity index (χ4n) is 3.59. The molecule has 4 heterocycles. The molecule has 0 bridgehead atoms. The molecular formula is C20H20N8O6S2. The first-order valence-corrected chi connectivity index (χ1v) is 12.3. The number of nitrogen functional groups attached to an aromatic ring is 1. The van der Waals surface area contributed by atoms with Gasteiger partial charge >= 0.3 is 0 Å². The highest BCUT2D eigenvalue weighted by molar-refractivity contribution is 8.00. The summed E-state index contributed by atoms with van der Waals surface area (Å²) in [5, 5.41) is 20.3. The standard InChI is InChI=1S/C20H20N8O6S2/c1-2-34-25-12(15-24-20(21)36-26-15)16(30)23-13-17(31)28-14(19(32)33)10(8-35-18(13)28)7-27-5-3-11(4-6-27)22-9-29/h3-6,9,13,18H,2,7-8H2,1H3,(H4,21,23,24,26,30,32,33)/t13?,18-/m1/s1. The Hall–Kier alpha value is -4.05. The number of oxime groups is 1. The number of β-lactam (4-membered cyclic amide) rings is 1. The van der Waals surface area contributed by atoms with Gasteiger partial charge in [0.2, 0.25) is 17.9 Å². The van der Waals surface area contributed by atoms with E-state index in [0.29, 0.717) is 17.7 Å². The Bertz CT molecular complexity index is 1260. The average molecular weight is 533 g/mol. The van der Waals surface area contributed by atoms with Crippen molar-refractivity contribution in [1.29, 1.82) is 0 Å². The summed E-state index contributed by atoms with van der Waals surface area (Å²) in [5.41, 5.74) is 6.16. The Kier molecular flexibility index (Phi) is 7.44. The first-order chi connectivity index (χ1) is 17.3. The fourth-order valence-corrected chi connectivity index (χ4v) is 5.36. The molecular weight excluding hydrogens is 512 g/mol. The molecule has 4 N–H and O–H groups in total. The summed E-state index contributed by atoms with van der Waals surface area (Å²) >= 11 is 2.18. The van der Waals surface area contributed by atoms with Gasteiger partial charge in [-0.25, -0.2) is 4.57 Å². The van der Waals surface area contributed by atoms with Crippen LogP contribution in [0.4, 0.5) is 10.8 Å². The zero-order chi connectivity index (χ0) is 25.8. The zero-order valence-electron chi connectivity index (χ0n) is 18.7. The Morgan fingerprint density at radius 1 is 1.42 bits per heavy atom. The van der Waals surface area contributed by atoms with E-state index in [1.54, 1.807) is 36.0 Å². The van der Waals surface area contributed by atoms with Crippen LogP contribution in [0, 0.1) is 0 Å². The summed E-state index contributed by atoms with van der Waals surface area (Å²) < 4.78 is 5.67. The van der Waals surface area contributed by atoms with E-state index in [9.17, 15) is 24.3 Å². The molecule has 2 aliphatic heterocycles. The lowest BCUT2D eigenvalue weighted by molar-refractivity contribution is -0.689. The molecule has 14 nitrogen and oxygen atoms in total. The van der Waals surface area contributed by atoms with E-state index in [-0.39, 0.29) is 41.3 Å². The molecule has 0 aliphatic carbocycles. The van der Waals surface area contributed by atoms with Crippen molar-refractivity contribution in [3.8, 4) is 0 Å². The number of rotatable bonds is 10. The van der Waals surface area contributed by atoms with Crippen LogP contribution in [0.25, 0.3) is 0 Å². The second-order valence-corrected chi connectivity index (χ2v) is 9.32. The van der Waals surface area contributed by atoms with Gasteiger partial charge in [-0.05, 0) is 6.92 Å². The first kappa shape index (κ1) is 25.1. The number of nitrogens with one attached hydrogen (secondary N) is 2. The number of carboxylic acid groups (broad SMARTS) is 1. The molecule has 1 unspecified atom stereocenters. The number of aromatic nitrogens is 3. The minimum Gasteiger partial charge on any atom is -0.543 e. The smallest absolute Gasteiger partial charge is 0.278 e. The molecule has 36 heavy (non-hydrogen) atoms. The summed E-state index contributed by atoms with van der Waals surface area (Å²) in [6.45, 7) is 2.04. The molecule has 0 saturated carbocycles. The van der Waals surface area contributed by atoms with Crippen LogP contribution in [0.15, 0.2) is 41.0 Å². The molecule has 2 aromatic heterocycles. The number of carboxylic acids is 1. The highest BCUT2D eigenvalue weighted by Crippen LogP contribution is 2.40. The molecule has 1 saturated heterocycles. The van der Waals surface area contributed by atoms with Crippen LogP contribution >= 0.6 is 23.3 Å². The van der Waals surface area contributed by atoms with E-state index in [0.717, 1.165) is 16.4 Å². The molecule has 2 aliphatic rings. The Balaban J connectivity index is 1.51. The van der Waals surface area contributed by atoms with Gasteiger partial charge in [0.15, 0.2) is 24.1 Å². The molecule has 2 aromatic rings. The minimum atomic E-state index is -1.49. The maximum atomic E-state index is 12.9. The van der Waals surface area contributed by atoms with Crippen LogP contribution in [0.5, 0.6) is 0 Å². The third kappa shape index (κ3) is 4.99. The number of aliphatic carboxylic acids is 1. The van der Waals surface area contributed by atoms with Crippen LogP contribution < -0.4 is 26.0 Å². The Labute approximate surface area is 212 Å². The molecule has 0 spiro atoms. The maximum Gasteiger partial charge on any atom is 0.278 e. The molecule has 2 atom stereocenters. The predicted octanol–water partition coefficient (Wildman–Crippen LogP) is -2.18. The van der Waals surface area contributed by atoms with Gasteiger partial charge in [-0.1, -0.05) is 5.16 Å². The van der Waals surface area contributed by atoms with Crippen molar-refractivity contribution in [3.63, 3.8) is 0 Å². The van der Waals surface area contributed by atoms with Gasteiger partial charge in [-0.3, -0.25) is 19.3 Å². The van der Waals surface area contributed by atoms with E-state index in [1.807, 2.05) is 0 Å². The van der Waals surface area contributed by atoms with E-state index < -0.39 is 29.2 Å². The molecule has 4 rings (SSSR count). The van der Waals surface area contributed by atoms with Crippen molar-refractivity contribution >= 4 is 64.0 Å². The molecule has 3 amide bonds. The first-order valence-electron chi connectivity index (χ1n) is 10.5. The third-order valence-corrected chi connectivity index (χ3v) is 7.05. The summed E-state index contributed by atoms with van der Waals surface area (Å²) in [6.07, 6.45) is 3.89. The van der Waals surface area contributed by atoms with E-state index >= 15 is 0 Å². The van der Waals surface area contributed by atoms with Gasteiger partial charge in [0.25, 0.3) is 11.8 Å². The number of amides is 3. The van der Waals surface area contributed by atoms with Crippen LogP contribution in [0.2, 0.25) is 0 Å². The zero-order valence-corrected chi connectivity index (χ0v) is 20.4. The minimum absolute atomic E-state index is 0.0487. The van der Waals surface area contributed by atoms with Crippen LogP contribution in [0.1, 0.15) is 12.7 Å². The number of pyridine rings is 1. The maximum absolute atomic E-state index is 12.9.